The van der Waals surface area contributed by atoms with Crippen LogP contribution in [0.5, 0.6) is 5.75 Å². The van der Waals surface area contributed by atoms with Gasteiger partial charge in [-0.05, 0) is 32.0 Å². The number of rotatable bonds is 5. The van der Waals surface area contributed by atoms with Crippen LogP contribution >= 0.6 is 0 Å². The first-order chi connectivity index (χ1) is 9.19. The minimum atomic E-state index is 0.174. The van der Waals surface area contributed by atoms with E-state index in [1.807, 2.05) is 44.2 Å². The Balaban J connectivity index is 2.22. The molecule has 0 amide bonds. The van der Waals surface area contributed by atoms with Gasteiger partial charge < -0.3 is 4.74 Å². The lowest BCUT2D eigenvalue weighted by Crippen LogP contribution is -2.32. The zero-order chi connectivity index (χ0) is 13.7. The monoisotopic (exact) mass is 254 g/mol. The normalized spacial score (nSPS) is 10.5. The molecule has 0 aliphatic carbocycles. The maximum Gasteiger partial charge on any atom is 0.173 e. The molecule has 1 aromatic heterocycles. The van der Waals surface area contributed by atoms with E-state index in [4.69, 9.17) is 4.74 Å². The Morgan fingerprint density at radius 1 is 1.21 bits per heavy atom. The van der Waals surface area contributed by atoms with Gasteiger partial charge in [-0.3, -0.25) is 0 Å². The predicted molar refractivity (Wildman–Crippen MR) is 78.0 cm³/mol. The lowest BCUT2D eigenvalue weighted by Gasteiger charge is -2.13. The molecule has 0 bridgehead atoms. The number of pyridine rings is 1. The Labute approximate surface area is 115 Å². The molecular weight excluding hydrogens is 234 g/mol. The van der Waals surface area contributed by atoms with Crippen molar-refractivity contribution in [1.82, 2.24) is 0 Å². The van der Waals surface area contributed by atoms with Crippen LogP contribution < -0.4 is 9.30 Å². The molecular formula is C17H20NO+. The molecule has 0 aliphatic heterocycles. The first kappa shape index (κ1) is 13.3. The van der Waals surface area contributed by atoms with Gasteiger partial charge in [0.15, 0.2) is 18.9 Å². The van der Waals surface area contributed by atoms with E-state index in [9.17, 15) is 0 Å². The van der Waals surface area contributed by atoms with Crippen LogP contribution in [0.15, 0.2) is 55.4 Å². The summed E-state index contributed by atoms with van der Waals surface area (Å²) in [5.41, 5.74) is 2.28. The SMILES string of the molecule is C=Cc1cc(C[n+]2ccccc2)ccc1OC(C)C. The van der Waals surface area contributed by atoms with Gasteiger partial charge in [-0.25, -0.2) is 4.57 Å². The standard InChI is InChI=1S/C17H20NO/c1-4-16-12-15(8-9-17(16)19-14(2)3)13-18-10-6-5-7-11-18/h4-12,14H,1,13H2,2-3H3/q+1. The van der Waals surface area contributed by atoms with Gasteiger partial charge in [-0.1, -0.05) is 18.7 Å². The summed E-state index contributed by atoms with van der Waals surface area (Å²) in [6.07, 6.45) is 6.14. The van der Waals surface area contributed by atoms with Crippen LogP contribution in [0, 0.1) is 0 Å². The van der Waals surface area contributed by atoms with Gasteiger partial charge in [-0.2, -0.15) is 0 Å². The molecule has 1 aromatic carbocycles. The second kappa shape index (κ2) is 6.19. The molecule has 0 N–H and O–H groups in total. The third kappa shape index (κ3) is 3.68. The zero-order valence-electron chi connectivity index (χ0n) is 11.5. The molecule has 2 rings (SSSR count). The van der Waals surface area contributed by atoms with Gasteiger partial charge in [0.05, 0.1) is 6.10 Å². The summed E-state index contributed by atoms with van der Waals surface area (Å²) in [6.45, 7) is 8.77. The number of hydrogen-bond acceptors (Lipinski definition) is 1. The Hall–Kier alpha value is -2.09. The van der Waals surface area contributed by atoms with Crippen LogP contribution in [0.2, 0.25) is 0 Å². The van der Waals surface area contributed by atoms with E-state index in [0.29, 0.717) is 0 Å². The fraction of sp³-hybridized carbons (Fsp3) is 0.235. The Kier molecular flexibility index (Phi) is 4.35. The minimum absolute atomic E-state index is 0.174. The summed E-state index contributed by atoms with van der Waals surface area (Å²) in [4.78, 5) is 0. The van der Waals surface area contributed by atoms with Crippen molar-refractivity contribution >= 4 is 6.08 Å². The summed E-state index contributed by atoms with van der Waals surface area (Å²) in [5, 5.41) is 0. The van der Waals surface area contributed by atoms with Crippen LogP contribution in [-0.2, 0) is 6.54 Å². The molecule has 0 unspecified atom stereocenters. The van der Waals surface area contributed by atoms with Crippen molar-refractivity contribution in [3.63, 3.8) is 0 Å². The molecule has 0 spiro atoms. The fourth-order valence-corrected chi connectivity index (χ4v) is 1.97. The van der Waals surface area contributed by atoms with Crippen LogP contribution in [0.1, 0.15) is 25.0 Å². The van der Waals surface area contributed by atoms with Gasteiger partial charge >= 0.3 is 0 Å². The highest BCUT2D eigenvalue weighted by atomic mass is 16.5. The van der Waals surface area contributed by atoms with Crippen LogP contribution in [0.4, 0.5) is 0 Å². The highest BCUT2D eigenvalue weighted by Gasteiger charge is 2.07. The van der Waals surface area contributed by atoms with E-state index < -0.39 is 0 Å². The molecule has 1 heterocycles. The second-order valence-electron chi connectivity index (χ2n) is 4.79. The number of nitrogens with zero attached hydrogens (tertiary/aromatic N) is 1. The van der Waals surface area contributed by atoms with E-state index in [-0.39, 0.29) is 6.10 Å². The lowest BCUT2D eigenvalue weighted by molar-refractivity contribution is -0.688. The van der Waals surface area contributed by atoms with Crippen molar-refractivity contribution in [2.75, 3.05) is 0 Å². The highest BCUT2D eigenvalue weighted by molar-refractivity contribution is 5.56. The highest BCUT2D eigenvalue weighted by Crippen LogP contribution is 2.22. The maximum absolute atomic E-state index is 5.76. The van der Waals surface area contributed by atoms with Gasteiger partial charge in [0.2, 0.25) is 0 Å². The first-order valence-corrected chi connectivity index (χ1v) is 6.55. The quantitative estimate of drug-likeness (QED) is 0.745. The van der Waals surface area contributed by atoms with Crippen LogP contribution in [0.25, 0.3) is 6.08 Å². The minimum Gasteiger partial charge on any atom is -0.490 e. The molecule has 0 saturated heterocycles. The molecule has 2 heteroatoms. The molecule has 0 aliphatic rings. The Morgan fingerprint density at radius 2 is 1.95 bits per heavy atom. The molecule has 19 heavy (non-hydrogen) atoms. The number of ether oxygens (including phenoxy) is 1. The zero-order valence-corrected chi connectivity index (χ0v) is 11.5. The van der Waals surface area contributed by atoms with Crippen molar-refractivity contribution in [3.8, 4) is 5.75 Å². The Morgan fingerprint density at radius 3 is 2.58 bits per heavy atom. The van der Waals surface area contributed by atoms with Gasteiger partial charge in [0.1, 0.15) is 5.75 Å². The molecule has 0 saturated carbocycles. The topological polar surface area (TPSA) is 13.1 Å². The average molecular weight is 254 g/mol. The second-order valence-corrected chi connectivity index (χ2v) is 4.79. The molecule has 2 nitrogen and oxygen atoms in total. The first-order valence-electron chi connectivity index (χ1n) is 6.55. The van der Waals surface area contributed by atoms with Crippen LogP contribution in [-0.4, -0.2) is 6.10 Å². The van der Waals surface area contributed by atoms with E-state index >= 15 is 0 Å². The van der Waals surface area contributed by atoms with Gasteiger partial charge in [0, 0.05) is 23.3 Å². The summed E-state index contributed by atoms with van der Waals surface area (Å²) in [5.74, 6) is 0.895. The molecule has 0 fully saturated rings. The maximum atomic E-state index is 5.76. The fourth-order valence-electron chi connectivity index (χ4n) is 1.97. The van der Waals surface area contributed by atoms with Crippen molar-refractivity contribution in [1.29, 1.82) is 0 Å². The van der Waals surface area contributed by atoms with E-state index in [1.165, 1.54) is 5.56 Å². The van der Waals surface area contributed by atoms with E-state index in [0.717, 1.165) is 17.9 Å². The van der Waals surface area contributed by atoms with E-state index in [2.05, 4.69) is 35.7 Å². The van der Waals surface area contributed by atoms with E-state index in [1.54, 1.807) is 0 Å². The summed E-state index contributed by atoms with van der Waals surface area (Å²) in [7, 11) is 0. The summed E-state index contributed by atoms with van der Waals surface area (Å²) in [6, 6.07) is 12.3. The van der Waals surface area contributed by atoms with Crippen molar-refractivity contribution < 1.29 is 9.30 Å². The summed E-state index contributed by atoms with van der Waals surface area (Å²) >= 11 is 0. The average Bonchev–Trinajstić information content (AvgIpc) is 2.41. The number of hydrogen-bond donors (Lipinski definition) is 0. The predicted octanol–water partition coefficient (Wildman–Crippen LogP) is 3.45. The van der Waals surface area contributed by atoms with Crippen molar-refractivity contribution in [2.24, 2.45) is 0 Å². The molecule has 0 atom stereocenters. The van der Waals surface area contributed by atoms with Crippen LogP contribution in [0.3, 0.4) is 0 Å². The smallest absolute Gasteiger partial charge is 0.173 e. The molecule has 98 valence electrons. The number of aromatic nitrogens is 1. The van der Waals surface area contributed by atoms with Crippen molar-refractivity contribution in [2.45, 2.75) is 26.5 Å². The van der Waals surface area contributed by atoms with Gasteiger partial charge in [0.25, 0.3) is 0 Å². The van der Waals surface area contributed by atoms with Gasteiger partial charge in [-0.15, -0.1) is 0 Å². The Bertz CT molecular complexity index is 546. The van der Waals surface area contributed by atoms with Crippen molar-refractivity contribution in [3.05, 3.63) is 66.5 Å². The summed E-state index contributed by atoms with van der Waals surface area (Å²) < 4.78 is 7.91. The lowest BCUT2D eigenvalue weighted by atomic mass is 10.1. The molecule has 2 aromatic rings. The third-order valence-electron chi connectivity index (χ3n) is 2.80. The largest absolute Gasteiger partial charge is 0.490 e. The third-order valence-corrected chi connectivity index (χ3v) is 2.80. The molecule has 0 radical (unpaired) electrons. The number of benzene rings is 1.